The molecule has 0 aromatic heterocycles. The second-order valence-electron chi connectivity index (χ2n) is 6.34. The molecule has 23 heavy (non-hydrogen) atoms. The van der Waals surface area contributed by atoms with E-state index in [9.17, 15) is 4.79 Å². The van der Waals surface area contributed by atoms with Crippen LogP contribution in [-0.2, 0) is 4.79 Å². The monoisotopic (exact) mass is 354 g/mol. The number of hydrogen-bond donors (Lipinski definition) is 2. The van der Waals surface area contributed by atoms with Crippen molar-refractivity contribution >= 4 is 30.1 Å². The third kappa shape index (κ3) is 5.13. The topological polar surface area (TPSA) is 41.1 Å². The Hall–Kier alpha value is -0.710. The molecule has 0 radical (unpaired) electrons. The smallest absolute Gasteiger partial charge is 0.228 e. The molecule has 128 valence electrons. The van der Waals surface area contributed by atoms with Crippen LogP contribution in [0.15, 0.2) is 29.2 Å². The molecule has 1 unspecified atom stereocenters. The summed E-state index contributed by atoms with van der Waals surface area (Å²) in [6.07, 6.45) is 8.04. The summed E-state index contributed by atoms with van der Waals surface area (Å²) >= 11 is 1.79. The molecule has 1 fully saturated rings. The summed E-state index contributed by atoms with van der Waals surface area (Å²) in [5.74, 6) is 1.08. The Morgan fingerprint density at radius 2 is 1.83 bits per heavy atom. The average Bonchev–Trinajstić information content (AvgIpc) is 2.80. The van der Waals surface area contributed by atoms with Gasteiger partial charge >= 0.3 is 0 Å². The van der Waals surface area contributed by atoms with E-state index in [1.165, 1.54) is 49.0 Å². The maximum Gasteiger partial charge on any atom is 0.228 e. The fourth-order valence-electron chi connectivity index (χ4n) is 3.45. The van der Waals surface area contributed by atoms with Gasteiger partial charge in [0, 0.05) is 29.8 Å². The summed E-state index contributed by atoms with van der Waals surface area (Å²) < 4.78 is 0. The fraction of sp³-hybridized carbons (Fsp3) is 0.611. The van der Waals surface area contributed by atoms with Crippen molar-refractivity contribution in [2.24, 2.45) is 0 Å². The number of hydrogen-bond acceptors (Lipinski definition) is 3. The van der Waals surface area contributed by atoms with Crippen molar-refractivity contribution in [1.29, 1.82) is 0 Å². The zero-order chi connectivity index (χ0) is 15.2. The van der Waals surface area contributed by atoms with Gasteiger partial charge in [0.15, 0.2) is 0 Å². The summed E-state index contributed by atoms with van der Waals surface area (Å²) in [7, 11) is 0. The summed E-state index contributed by atoms with van der Waals surface area (Å²) in [5, 5.41) is 6.71. The second-order valence-corrected chi connectivity index (χ2v) is 7.40. The first kappa shape index (κ1) is 18.6. The molecule has 3 rings (SSSR count). The average molecular weight is 355 g/mol. The molecular weight excluding hydrogens is 328 g/mol. The second kappa shape index (κ2) is 9.55. The molecule has 1 aliphatic heterocycles. The highest BCUT2D eigenvalue weighted by Crippen LogP contribution is 2.39. The van der Waals surface area contributed by atoms with E-state index < -0.39 is 0 Å². The van der Waals surface area contributed by atoms with Crippen LogP contribution < -0.4 is 10.6 Å². The lowest BCUT2D eigenvalue weighted by atomic mass is 10.0. The van der Waals surface area contributed by atoms with Crippen LogP contribution in [0.25, 0.3) is 0 Å². The summed E-state index contributed by atoms with van der Waals surface area (Å²) in [6, 6.07) is 8.92. The molecule has 1 aromatic carbocycles. The van der Waals surface area contributed by atoms with Crippen LogP contribution in [0.5, 0.6) is 0 Å². The van der Waals surface area contributed by atoms with E-state index in [1.807, 2.05) is 12.1 Å². The van der Waals surface area contributed by atoms with Crippen LogP contribution in [0, 0.1) is 0 Å². The molecule has 0 saturated heterocycles. The van der Waals surface area contributed by atoms with Crippen molar-refractivity contribution in [1.82, 2.24) is 10.6 Å². The van der Waals surface area contributed by atoms with Crippen molar-refractivity contribution in [2.75, 3.05) is 18.8 Å². The van der Waals surface area contributed by atoms with Crippen LogP contribution in [0.3, 0.4) is 0 Å². The lowest BCUT2D eigenvalue weighted by Gasteiger charge is -2.17. The largest absolute Gasteiger partial charge is 0.354 e. The van der Waals surface area contributed by atoms with Gasteiger partial charge in [0.1, 0.15) is 0 Å². The molecule has 3 nitrogen and oxygen atoms in total. The van der Waals surface area contributed by atoms with E-state index in [0.717, 1.165) is 18.8 Å². The first-order valence-corrected chi connectivity index (χ1v) is 9.56. The number of benzene rings is 1. The summed E-state index contributed by atoms with van der Waals surface area (Å²) in [6.45, 7) is 1.62. The van der Waals surface area contributed by atoms with E-state index in [1.54, 1.807) is 11.8 Å². The molecule has 1 atom stereocenters. The van der Waals surface area contributed by atoms with E-state index in [0.29, 0.717) is 6.04 Å². The Balaban J connectivity index is 0.00000192. The molecule has 2 aliphatic rings. The number of amides is 1. The van der Waals surface area contributed by atoms with Crippen molar-refractivity contribution in [3.05, 3.63) is 29.8 Å². The van der Waals surface area contributed by atoms with Gasteiger partial charge < -0.3 is 10.6 Å². The Kier molecular flexibility index (Phi) is 7.74. The first-order chi connectivity index (χ1) is 10.8. The highest BCUT2D eigenvalue weighted by molar-refractivity contribution is 7.99. The minimum absolute atomic E-state index is 0. The third-order valence-electron chi connectivity index (χ3n) is 4.73. The van der Waals surface area contributed by atoms with Gasteiger partial charge in [0.25, 0.3) is 0 Å². The normalized spacial score (nSPS) is 21.1. The number of nitrogens with one attached hydrogen (secondary N) is 2. The van der Waals surface area contributed by atoms with Gasteiger partial charge in [-0.1, -0.05) is 43.9 Å². The minimum Gasteiger partial charge on any atom is -0.354 e. The number of rotatable bonds is 5. The van der Waals surface area contributed by atoms with E-state index in [2.05, 4.69) is 22.8 Å². The van der Waals surface area contributed by atoms with Crippen LogP contribution in [0.1, 0.15) is 50.0 Å². The number of thioether (sulfide) groups is 1. The Bertz CT molecular complexity index is 504. The molecule has 1 heterocycles. The van der Waals surface area contributed by atoms with Crippen molar-refractivity contribution in [3.8, 4) is 0 Å². The lowest BCUT2D eigenvalue weighted by Crippen LogP contribution is -2.38. The van der Waals surface area contributed by atoms with E-state index in [-0.39, 0.29) is 24.2 Å². The molecule has 1 aliphatic carbocycles. The highest BCUT2D eigenvalue weighted by atomic mass is 35.5. The van der Waals surface area contributed by atoms with Crippen LogP contribution in [-0.4, -0.2) is 30.8 Å². The zero-order valence-electron chi connectivity index (χ0n) is 13.6. The van der Waals surface area contributed by atoms with Crippen molar-refractivity contribution < 1.29 is 4.79 Å². The molecular formula is C18H27ClN2OS. The van der Waals surface area contributed by atoms with E-state index in [4.69, 9.17) is 0 Å². The van der Waals surface area contributed by atoms with Gasteiger partial charge in [-0.3, -0.25) is 4.79 Å². The van der Waals surface area contributed by atoms with Crippen molar-refractivity contribution in [2.45, 2.75) is 55.4 Å². The number of carbonyl (C=O) groups is 1. The predicted octanol–water partition coefficient (Wildman–Crippen LogP) is 3.73. The van der Waals surface area contributed by atoms with Gasteiger partial charge in [-0.2, -0.15) is 0 Å². The lowest BCUT2D eigenvalue weighted by molar-refractivity contribution is -0.122. The Morgan fingerprint density at radius 3 is 2.61 bits per heavy atom. The van der Waals surface area contributed by atoms with Crippen LogP contribution >= 0.6 is 24.2 Å². The van der Waals surface area contributed by atoms with Gasteiger partial charge in [-0.15, -0.1) is 24.2 Å². The SMILES string of the molecule is Cl.O=C(NCCNC1CCCCCC1)C1CSc2ccccc21. The van der Waals surface area contributed by atoms with Crippen LogP contribution in [0.4, 0.5) is 0 Å². The standard InChI is InChI=1S/C18H26N2OS.ClH/c21-18(16-13-22-17-10-6-5-9-15(16)17)20-12-11-19-14-7-3-1-2-4-8-14;/h5-6,9-10,14,16,19H,1-4,7-8,11-13H2,(H,20,21);1H. The number of halogens is 1. The molecule has 1 aromatic rings. The van der Waals surface area contributed by atoms with Crippen LogP contribution in [0.2, 0.25) is 0 Å². The molecule has 1 saturated carbocycles. The Morgan fingerprint density at radius 1 is 1.09 bits per heavy atom. The Labute approximate surface area is 149 Å². The van der Waals surface area contributed by atoms with Gasteiger partial charge in [0.2, 0.25) is 5.91 Å². The first-order valence-electron chi connectivity index (χ1n) is 8.57. The molecule has 2 N–H and O–H groups in total. The van der Waals surface area contributed by atoms with E-state index >= 15 is 0 Å². The molecule has 1 amide bonds. The molecule has 0 bridgehead atoms. The highest BCUT2D eigenvalue weighted by Gasteiger charge is 2.28. The maximum atomic E-state index is 12.4. The maximum absolute atomic E-state index is 12.4. The van der Waals surface area contributed by atoms with Gasteiger partial charge in [-0.05, 0) is 24.5 Å². The zero-order valence-corrected chi connectivity index (χ0v) is 15.2. The van der Waals surface area contributed by atoms with Crippen molar-refractivity contribution in [3.63, 3.8) is 0 Å². The third-order valence-corrected chi connectivity index (χ3v) is 5.91. The minimum atomic E-state index is 0. The fourth-order valence-corrected chi connectivity index (χ4v) is 4.68. The summed E-state index contributed by atoms with van der Waals surface area (Å²) in [4.78, 5) is 13.6. The number of carbonyl (C=O) groups excluding carboxylic acids is 1. The number of fused-ring (bicyclic) bond motifs is 1. The van der Waals surface area contributed by atoms with Gasteiger partial charge in [0.05, 0.1) is 5.92 Å². The summed E-state index contributed by atoms with van der Waals surface area (Å²) in [5.41, 5.74) is 1.20. The molecule has 0 spiro atoms. The predicted molar refractivity (Wildman–Crippen MR) is 99.7 cm³/mol. The quantitative estimate of drug-likeness (QED) is 0.625. The molecule has 5 heteroatoms. The van der Waals surface area contributed by atoms with Gasteiger partial charge in [-0.25, -0.2) is 0 Å².